The fourth-order valence-corrected chi connectivity index (χ4v) is 3.21. The molecule has 0 aliphatic heterocycles. The number of carbonyl (C=O) groups is 1. The second-order valence-electron chi connectivity index (χ2n) is 6.29. The Morgan fingerprint density at radius 1 is 1.10 bits per heavy atom. The van der Waals surface area contributed by atoms with Gasteiger partial charge in [0.2, 0.25) is 0 Å². The monoisotopic (exact) mass is 442 g/mol. The second-order valence-corrected chi connectivity index (χ2v) is 7.10. The van der Waals surface area contributed by atoms with E-state index < -0.39 is 11.7 Å². The zero-order valence-electron chi connectivity index (χ0n) is 16.7. The topological polar surface area (TPSA) is 50.8 Å². The van der Waals surface area contributed by atoms with E-state index in [9.17, 15) is 9.18 Å². The summed E-state index contributed by atoms with van der Waals surface area (Å²) in [6.07, 6.45) is 0. The Morgan fingerprint density at radius 3 is 2.48 bits per heavy atom. The molecule has 0 radical (unpaired) electrons. The van der Waals surface area contributed by atoms with Gasteiger partial charge in [-0.25, -0.2) is 4.39 Å². The lowest BCUT2D eigenvalue weighted by Gasteiger charge is -2.19. The van der Waals surface area contributed by atoms with E-state index in [4.69, 9.17) is 32.7 Å². The number of nitrogens with one attached hydrogen (secondary N) is 1. The van der Waals surface area contributed by atoms with Crippen LogP contribution in [0.3, 0.4) is 0 Å². The van der Waals surface area contributed by atoms with Gasteiger partial charge in [0.1, 0.15) is 12.4 Å². The van der Waals surface area contributed by atoms with Crippen LogP contribution < -0.4 is 14.8 Å². The van der Waals surface area contributed by atoms with Crippen molar-refractivity contribution in [2.24, 2.45) is 0 Å². The first-order valence-electron chi connectivity index (χ1n) is 9.34. The van der Waals surface area contributed by atoms with Crippen molar-refractivity contribution in [3.05, 3.63) is 57.3 Å². The van der Waals surface area contributed by atoms with Crippen molar-refractivity contribution in [2.75, 3.05) is 33.4 Å². The molecule has 1 amide bonds. The number of hydrogen-bond donors (Lipinski definition) is 1. The fraction of sp³-hybridized carbons (Fsp3) is 0.381. The second kappa shape index (κ2) is 11.2. The third-order valence-electron chi connectivity index (χ3n) is 4.50. The van der Waals surface area contributed by atoms with Crippen LogP contribution in [0.4, 0.5) is 4.39 Å². The molecule has 8 heteroatoms. The van der Waals surface area contributed by atoms with Crippen molar-refractivity contribution >= 4 is 29.1 Å². The van der Waals surface area contributed by atoms with Crippen molar-refractivity contribution in [1.82, 2.24) is 10.2 Å². The standard InChI is InChI=1S/C21H25Cl2FN2O3/c1-4-26(5-2)8-9-29-19-7-6-14(10-20(19)28-3)13-25-21(27)15-11-18(24)17(23)12-16(15)22/h6-7,10-12H,4-5,8-9,13H2,1-3H3,(H,25,27). The van der Waals surface area contributed by atoms with Crippen molar-refractivity contribution in [1.29, 1.82) is 0 Å². The number of benzene rings is 2. The number of amides is 1. The molecule has 0 aliphatic carbocycles. The van der Waals surface area contributed by atoms with E-state index in [1.54, 1.807) is 19.2 Å². The Hall–Kier alpha value is -2.02. The van der Waals surface area contributed by atoms with E-state index >= 15 is 0 Å². The first kappa shape index (κ1) is 23.3. The predicted octanol–water partition coefficient (Wildman–Crippen LogP) is 4.79. The minimum absolute atomic E-state index is 0.0249. The van der Waals surface area contributed by atoms with Gasteiger partial charge in [-0.05, 0) is 42.9 Å². The lowest BCUT2D eigenvalue weighted by atomic mass is 10.1. The SMILES string of the molecule is CCN(CC)CCOc1ccc(CNC(=O)c2cc(F)c(Cl)cc2Cl)cc1OC. The molecular formula is C21H25Cl2FN2O3. The molecule has 2 aromatic carbocycles. The average Bonchev–Trinajstić information content (AvgIpc) is 2.72. The highest BCUT2D eigenvalue weighted by molar-refractivity contribution is 6.36. The molecular weight excluding hydrogens is 418 g/mol. The maximum absolute atomic E-state index is 13.6. The third kappa shape index (κ3) is 6.49. The Kier molecular flexibility index (Phi) is 9.01. The highest BCUT2D eigenvalue weighted by atomic mass is 35.5. The maximum atomic E-state index is 13.6. The molecule has 0 saturated heterocycles. The number of nitrogens with zero attached hydrogens (tertiary/aromatic N) is 1. The number of methoxy groups -OCH3 is 1. The van der Waals surface area contributed by atoms with Crippen LogP contribution in [0.25, 0.3) is 0 Å². The normalized spacial score (nSPS) is 10.9. The van der Waals surface area contributed by atoms with Gasteiger partial charge in [-0.15, -0.1) is 0 Å². The summed E-state index contributed by atoms with van der Waals surface area (Å²) in [6.45, 7) is 7.75. The summed E-state index contributed by atoms with van der Waals surface area (Å²) in [5.74, 6) is 0.0163. The zero-order chi connectivity index (χ0) is 21.4. The Balaban J connectivity index is 1.99. The molecule has 5 nitrogen and oxygen atoms in total. The van der Waals surface area contributed by atoms with Crippen LogP contribution in [0.5, 0.6) is 11.5 Å². The highest BCUT2D eigenvalue weighted by Gasteiger charge is 2.14. The van der Waals surface area contributed by atoms with E-state index in [1.165, 1.54) is 6.07 Å². The van der Waals surface area contributed by atoms with Gasteiger partial charge < -0.3 is 19.7 Å². The Morgan fingerprint density at radius 2 is 1.83 bits per heavy atom. The van der Waals surface area contributed by atoms with Gasteiger partial charge in [-0.1, -0.05) is 43.1 Å². The van der Waals surface area contributed by atoms with Gasteiger partial charge in [0.05, 0.1) is 22.7 Å². The number of ether oxygens (including phenoxy) is 2. The van der Waals surface area contributed by atoms with Crippen molar-refractivity contribution < 1.29 is 18.7 Å². The number of carbonyl (C=O) groups excluding carboxylic acids is 1. The summed E-state index contributed by atoms with van der Waals surface area (Å²) in [4.78, 5) is 14.6. The first-order valence-corrected chi connectivity index (χ1v) is 10.1. The van der Waals surface area contributed by atoms with Gasteiger partial charge in [-0.2, -0.15) is 0 Å². The molecule has 2 aromatic rings. The van der Waals surface area contributed by atoms with Crippen LogP contribution in [-0.4, -0.2) is 44.2 Å². The Labute approximate surface area is 180 Å². The van der Waals surface area contributed by atoms with Gasteiger partial charge in [-0.3, -0.25) is 4.79 Å². The van der Waals surface area contributed by atoms with Crippen LogP contribution in [0.15, 0.2) is 30.3 Å². The van der Waals surface area contributed by atoms with Gasteiger partial charge in [0.25, 0.3) is 5.91 Å². The molecule has 0 atom stereocenters. The van der Waals surface area contributed by atoms with Crippen molar-refractivity contribution in [3.8, 4) is 11.5 Å². The number of rotatable bonds is 10. The lowest BCUT2D eigenvalue weighted by molar-refractivity contribution is 0.0950. The molecule has 0 aromatic heterocycles. The molecule has 1 N–H and O–H groups in total. The van der Waals surface area contributed by atoms with Crippen molar-refractivity contribution in [2.45, 2.75) is 20.4 Å². The van der Waals surface area contributed by atoms with E-state index in [-0.39, 0.29) is 22.2 Å². The molecule has 0 heterocycles. The van der Waals surface area contributed by atoms with Crippen LogP contribution in [0, 0.1) is 5.82 Å². The summed E-state index contributed by atoms with van der Waals surface area (Å²) in [6, 6.07) is 7.66. The van der Waals surface area contributed by atoms with Crippen LogP contribution in [0.1, 0.15) is 29.8 Å². The summed E-state index contributed by atoms with van der Waals surface area (Å²) in [5.41, 5.74) is 0.828. The van der Waals surface area contributed by atoms with E-state index in [1.807, 2.05) is 6.07 Å². The molecule has 0 saturated carbocycles. The number of halogens is 3. The predicted molar refractivity (Wildman–Crippen MR) is 114 cm³/mol. The molecule has 0 unspecified atom stereocenters. The first-order chi connectivity index (χ1) is 13.9. The van der Waals surface area contributed by atoms with Gasteiger partial charge in [0.15, 0.2) is 11.5 Å². The van der Waals surface area contributed by atoms with Crippen molar-refractivity contribution in [3.63, 3.8) is 0 Å². The Bertz CT molecular complexity index is 845. The van der Waals surface area contributed by atoms with Gasteiger partial charge >= 0.3 is 0 Å². The van der Waals surface area contributed by atoms with E-state index in [2.05, 4.69) is 24.1 Å². The minimum atomic E-state index is -0.700. The number of likely N-dealkylation sites (N-methyl/N-ethyl adjacent to an activating group) is 1. The summed E-state index contributed by atoms with van der Waals surface area (Å²) in [5, 5.41) is 2.67. The van der Waals surface area contributed by atoms with E-state index in [0.717, 1.165) is 31.3 Å². The van der Waals surface area contributed by atoms with Crippen LogP contribution in [0.2, 0.25) is 10.0 Å². The summed E-state index contributed by atoms with van der Waals surface area (Å²) in [7, 11) is 1.56. The molecule has 0 fully saturated rings. The minimum Gasteiger partial charge on any atom is -0.493 e. The maximum Gasteiger partial charge on any atom is 0.253 e. The fourth-order valence-electron chi connectivity index (χ4n) is 2.74. The zero-order valence-corrected chi connectivity index (χ0v) is 18.2. The third-order valence-corrected chi connectivity index (χ3v) is 5.10. The molecule has 0 bridgehead atoms. The van der Waals surface area contributed by atoms with Crippen LogP contribution in [-0.2, 0) is 6.54 Å². The highest BCUT2D eigenvalue weighted by Crippen LogP contribution is 2.28. The average molecular weight is 443 g/mol. The van der Waals surface area contributed by atoms with Crippen LogP contribution >= 0.6 is 23.2 Å². The number of hydrogen-bond acceptors (Lipinski definition) is 4. The summed E-state index contributed by atoms with van der Waals surface area (Å²) >= 11 is 11.6. The molecule has 29 heavy (non-hydrogen) atoms. The van der Waals surface area contributed by atoms with E-state index in [0.29, 0.717) is 18.1 Å². The molecule has 158 valence electrons. The largest absolute Gasteiger partial charge is 0.493 e. The molecule has 0 aliphatic rings. The quantitative estimate of drug-likeness (QED) is 0.537. The lowest BCUT2D eigenvalue weighted by Crippen LogP contribution is -2.28. The molecule has 0 spiro atoms. The smallest absolute Gasteiger partial charge is 0.253 e. The molecule has 2 rings (SSSR count). The summed E-state index contributed by atoms with van der Waals surface area (Å²) < 4.78 is 24.8. The van der Waals surface area contributed by atoms with Gasteiger partial charge in [0, 0.05) is 13.1 Å².